The van der Waals surface area contributed by atoms with Gasteiger partial charge in [-0.15, -0.1) is 0 Å². The standard InChI is InChI=1S/C15H30N2/c1-3-16-15(14-6-4-5-7-14)12-17-10-8-13(2)9-11-17/h13-16H,3-12H2,1-2H3. The van der Waals surface area contributed by atoms with Crippen LogP contribution in [0.15, 0.2) is 0 Å². The van der Waals surface area contributed by atoms with Gasteiger partial charge in [0.2, 0.25) is 0 Å². The van der Waals surface area contributed by atoms with Gasteiger partial charge in [-0.25, -0.2) is 0 Å². The molecule has 1 atom stereocenters. The number of nitrogens with one attached hydrogen (secondary N) is 1. The highest BCUT2D eigenvalue weighted by Crippen LogP contribution is 2.28. The minimum atomic E-state index is 0.760. The number of nitrogens with zero attached hydrogens (tertiary/aromatic N) is 1. The molecule has 2 aliphatic rings. The Bertz CT molecular complexity index is 203. The summed E-state index contributed by atoms with van der Waals surface area (Å²) < 4.78 is 0. The Morgan fingerprint density at radius 1 is 1.12 bits per heavy atom. The minimum Gasteiger partial charge on any atom is -0.313 e. The van der Waals surface area contributed by atoms with Crippen LogP contribution < -0.4 is 5.32 Å². The second-order valence-corrected chi connectivity index (χ2v) is 6.19. The van der Waals surface area contributed by atoms with Crippen molar-refractivity contribution in [2.75, 3.05) is 26.2 Å². The molecule has 0 bridgehead atoms. The number of likely N-dealkylation sites (N-methyl/N-ethyl adjacent to an activating group) is 1. The molecular formula is C15H30N2. The van der Waals surface area contributed by atoms with Crippen LogP contribution in [-0.4, -0.2) is 37.1 Å². The lowest BCUT2D eigenvalue weighted by molar-refractivity contribution is 0.158. The average Bonchev–Trinajstić information content (AvgIpc) is 2.85. The van der Waals surface area contributed by atoms with E-state index >= 15 is 0 Å². The summed E-state index contributed by atoms with van der Waals surface area (Å²) in [6, 6.07) is 0.760. The minimum absolute atomic E-state index is 0.760. The van der Waals surface area contributed by atoms with Crippen LogP contribution in [0.2, 0.25) is 0 Å². The Kier molecular flexibility index (Phi) is 5.30. The lowest BCUT2D eigenvalue weighted by atomic mass is 9.94. The van der Waals surface area contributed by atoms with Gasteiger partial charge in [0.15, 0.2) is 0 Å². The predicted molar refractivity (Wildman–Crippen MR) is 74.3 cm³/mol. The van der Waals surface area contributed by atoms with Crippen LogP contribution in [0.1, 0.15) is 52.4 Å². The van der Waals surface area contributed by atoms with Gasteiger partial charge in [0.1, 0.15) is 0 Å². The molecule has 1 aliphatic heterocycles. The van der Waals surface area contributed by atoms with E-state index in [1.54, 1.807) is 0 Å². The van der Waals surface area contributed by atoms with Crippen molar-refractivity contribution in [3.05, 3.63) is 0 Å². The predicted octanol–water partition coefficient (Wildman–Crippen LogP) is 2.89. The van der Waals surface area contributed by atoms with Crippen molar-refractivity contribution in [3.63, 3.8) is 0 Å². The Balaban J connectivity index is 1.79. The molecule has 17 heavy (non-hydrogen) atoms. The molecule has 0 aromatic heterocycles. The highest BCUT2D eigenvalue weighted by atomic mass is 15.2. The van der Waals surface area contributed by atoms with Gasteiger partial charge in [-0.1, -0.05) is 26.7 Å². The topological polar surface area (TPSA) is 15.3 Å². The van der Waals surface area contributed by atoms with E-state index in [1.165, 1.54) is 58.2 Å². The third-order valence-corrected chi connectivity index (χ3v) is 4.77. The maximum Gasteiger partial charge on any atom is 0.0223 e. The van der Waals surface area contributed by atoms with E-state index in [0.29, 0.717) is 0 Å². The van der Waals surface area contributed by atoms with Gasteiger partial charge in [0.05, 0.1) is 0 Å². The molecule has 0 amide bonds. The number of piperidine rings is 1. The lowest BCUT2D eigenvalue weighted by Crippen LogP contribution is -2.47. The van der Waals surface area contributed by atoms with E-state index in [0.717, 1.165) is 24.4 Å². The summed E-state index contributed by atoms with van der Waals surface area (Å²) in [6.07, 6.45) is 8.66. The molecule has 1 aliphatic carbocycles. The third-order valence-electron chi connectivity index (χ3n) is 4.77. The third kappa shape index (κ3) is 3.96. The maximum absolute atomic E-state index is 3.74. The van der Waals surface area contributed by atoms with Crippen molar-refractivity contribution < 1.29 is 0 Å². The van der Waals surface area contributed by atoms with Crippen molar-refractivity contribution in [2.45, 2.75) is 58.4 Å². The van der Waals surface area contributed by atoms with Gasteiger partial charge < -0.3 is 10.2 Å². The first-order chi connectivity index (χ1) is 8.29. The number of rotatable bonds is 5. The van der Waals surface area contributed by atoms with Crippen molar-refractivity contribution in [3.8, 4) is 0 Å². The van der Waals surface area contributed by atoms with Gasteiger partial charge >= 0.3 is 0 Å². The van der Waals surface area contributed by atoms with Gasteiger partial charge in [-0.05, 0) is 57.2 Å². The van der Waals surface area contributed by atoms with Crippen LogP contribution in [0, 0.1) is 11.8 Å². The first kappa shape index (κ1) is 13.4. The fourth-order valence-corrected chi connectivity index (χ4v) is 3.53. The summed E-state index contributed by atoms with van der Waals surface area (Å²) >= 11 is 0. The van der Waals surface area contributed by atoms with Crippen LogP contribution in [0.25, 0.3) is 0 Å². The molecule has 0 aromatic carbocycles. The summed E-state index contributed by atoms with van der Waals surface area (Å²) in [4.78, 5) is 2.70. The average molecular weight is 238 g/mol. The van der Waals surface area contributed by atoms with Crippen molar-refractivity contribution in [1.82, 2.24) is 10.2 Å². The molecule has 2 rings (SSSR count). The summed E-state index contributed by atoms with van der Waals surface area (Å²) in [7, 11) is 0. The van der Waals surface area contributed by atoms with E-state index in [1.807, 2.05) is 0 Å². The van der Waals surface area contributed by atoms with Crippen LogP contribution >= 0.6 is 0 Å². The van der Waals surface area contributed by atoms with Crippen LogP contribution in [0.5, 0.6) is 0 Å². The van der Waals surface area contributed by atoms with Gasteiger partial charge in [0, 0.05) is 12.6 Å². The summed E-state index contributed by atoms with van der Waals surface area (Å²) in [6.45, 7) is 9.73. The second kappa shape index (κ2) is 6.75. The molecule has 1 saturated carbocycles. The van der Waals surface area contributed by atoms with Gasteiger partial charge in [-0.3, -0.25) is 0 Å². The Hall–Kier alpha value is -0.0800. The number of hydrogen-bond acceptors (Lipinski definition) is 2. The molecule has 0 radical (unpaired) electrons. The van der Waals surface area contributed by atoms with Gasteiger partial charge in [0.25, 0.3) is 0 Å². The zero-order valence-corrected chi connectivity index (χ0v) is 11.8. The lowest BCUT2D eigenvalue weighted by Gasteiger charge is -2.35. The van der Waals surface area contributed by atoms with E-state index < -0.39 is 0 Å². The zero-order valence-electron chi connectivity index (χ0n) is 11.8. The Labute approximate surface area is 107 Å². The highest BCUT2D eigenvalue weighted by molar-refractivity contribution is 4.84. The molecule has 2 heteroatoms. The SMILES string of the molecule is CCNC(CN1CCC(C)CC1)C1CCCC1. The molecular weight excluding hydrogens is 208 g/mol. The van der Waals surface area contributed by atoms with E-state index in [4.69, 9.17) is 0 Å². The fraction of sp³-hybridized carbons (Fsp3) is 1.00. The van der Waals surface area contributed by atoms with Crippen LogP contribution in [0.4, 0.5) is 0 Å². The molecule has 2 nitrogen and oxygen atoms in total. The summed E-state index contributed by atoms with van der Waals surface area (Å²) in [5.74, 6) is 1.91. The quantitative estimate of drug-likeness (QED) is 0.792. The Morgan fingerprint density at radius 2 is 1.76 bits per heavy atom. The molecule has 1 N–H and O–H groups in total. The molecule has 100 valence electrons. The normalized spacial score (nSPS) is 26.5. The van der Waals surface area contributed by atoms with E-state index in [2.05, 4.69) is 24.1 Å². The first-order valence-corrected chi connectivity index (χ1v) is 7.75. The van der Waals surface area contributed by atoms with Crippen LogP contribution in [-0.2, 0) is 0 Å². The molecule has 1 unspecified atom stereocenters. The largest absolute Gasteiger partial charge is 0.313 e. The molecule has 0 spiro atoms. The van der Waals surface area contributed by atoms with Crippen molar-refractivity contribution in [2.24, 2.45) is 11.8 Å². The van der Waals surface area contributed by atoms with Gasteiger partial charge in [-0.2, -0.15) is 0 Å². The zero-order chi connectivity index (χ0) is 12.1. The first-order valence-electron chi connectivity index (χ1n) is 7.75. The van der Waals surface area contributed by atoms with Crippen molar-refractivity contribution in [1.29, 1.82) is 0 Å². The van der Waals surface area contributed by atoms with E-state index in [-0.39, 0.29) is 0 Å². The smallest absolute Gasteiger partial charge is 0.0223 e. The van der Waals surface area contributed by atoms with Crippen molar-refractivity contribution >= 4 is 0 Å². The summed E-state index contributed by atoms with van der Waals surface area (Å²) in [5, 5.41) is 3.74. The Morgan fingerprint density at radius 3 is 2.35 bits per heavy atom. The monoisotopic (exact) mass is 238 g/mol. The molecule has 0 aromatic rings. The molecule has 2 fully saturated rings. The summed E-state index contributed by atoms with van der Waals surface area (Å²) in [5.41, 5.74) is 0. The fourth-order valence-electron chi connectivity index (χ4n) is 3.53. The molecule has 1 heterocycles. The maximum atomic E-state index is 3.74. The molecule has 1 saturated heterocycles. The van der Waals surface area contributed by atoms with E-state index in [9.17, 15) is 0 Å². The second-order valence-electron chi connectivity index (χ2n) is 6.19. The highest BCUT2D eigenvalue weighted by Gasteiger charge is 2.27. The van der Waals surface area contributed by atoms with Crippen LogP contribution in [0.3, 0.4) is 0 Å². The number of likely N-dealkylation sites (tertiary alicyclic amines) is 1. The number of hydrogen-bond donors (Lipinski definition) is 1.